The Morgan fingerprint density at radius 2 is 2.00 bits per heavy atom. The Morgan fingerprint density at radius 1 is 1.21 bits per heavy atom. The smallest absolute Gasteiger partial charge is 0.181 e. The van der Waals surface area contributed by atoms with Crippen LogP contribution in [0.2, 0.25) is 0 Å². The van der Waals surface area contributed by atoms with Crippen LogP contribution in [0, 0.1) is 5.92 Å². The van der Waals surface area contributed by atoms with Crippen molar-refractivity contribution >= 4 is 16.8 Å². The van der Waals surface area contributed by atoms with Gasteiger partial charge in [0.1, 0.15) is 5.04 Å². The summed E-state index contributed by atoms with van der Waals surface area (Å²) >= 11 is 1.76. The second-order valence-corrected chi connectivity index (χ2v) is 4.78. The lowest BCUT2D eigenvalue weighted by atomic mass is 10.2. The molecule has 3 rings (SSSR count). The molecule has 1 aromatic carbocycles. The molecule has 1 unspecified atom stereocenters. The number of rotatable bonds is 2. The molecule has 1 aliphatic heterocycles. The molecule has 14 heavy (non-hydrogen) atoms. The lowest BCUT2D eigenvalue weighted by Crippen LogP contribution is -2.03. The van der Waals surface area contributed by atoms with Crippen LogP contribution in [0.1, 0.15) is 18.4 Å². The molecule has 0 radical (unpaired) electrons. The van der Waals surface area contributed by atoms with Crippen LogP contribution in [-0.2, 0) is 4.84 Å². The SMILES string of the molecule is c1ccc(C2=NOC(C3CC3)S2)cc1. The summed E-state index contributed by atoms with van der Waals surface area (Å²) in [5.74, 6) is 0.741. The van der Waals surface area contributed by atoms with Gasteiger partial charge in [0.05, 0.1) is 0 Å². The van der Waals surface area contributed by atoms with Crippen LogP contribution in [0.3, 0.4) is 0 Å². The number of benzene rings is 1. The maximum absolute atomic E-state index is 5.39. The van der Waals surface area contributed by atoms with Gasteiger partial charge in [0.25, 0.3) is 0 Å². The number of hydrogen-bond donors (Lipinski definition) is 0. The minimum Gasteiger partial charge on any atom is -0.380 e. The second-order valence-electron chi connectivity index (χ2n) is 3.69. The normalized spacial score (nSPS) is 25.7. The van der Waals surface area contributed by atoms with Gasteiger partial charge in [-0.1, -0.05) is 47.2 Å². The van der Waals surface area contributed by atoms with Crippen LogP contribution in [0.25, 0.3) is 0 Å². The summed E-state index contributed by atoms with van der Waals surface area (Å²) in [5, 5.41) is 5.16. The molecular formula is C11H11NOS. The molecule has 1 saturated carbocycles. The summed E-state index contributed by atoms with van der Waals surface area (Å²) in [6, 6.07) is 10.2. The monoisotopic (exact) mass is 205 g/mol. The first-order valence-electron chi connectivity index (χ1n) is 4.89. The summed E-state index contributed by atoms with van der Waals surface area (Å²) in [7, 11) is 0. The molecular weight excluding hydrogens is 194 g/mol. The van der Waals surface area contributed by atoms with Crippen LogP contribution in [0.15, 0.2) is 35.5 Å². The van der Waals surface area contributed by atoms with Gasteiger partial charge >= 0.3 is 0 Å². The molecule has 1 heterocycles. The van der Waals surface area contributed by atoms with E-state index in [4.69, 9.17) is 4.84 Å². The van der Waals surface area contributed by atoms with Crippen LogP contribution >= 0.6 is 11.8 Å². The van der Waals surface area contributed by atoms with Crippen molar-refractivity contribution in [3.8, 4) is 0 Å². The predicted molar refractivity (Wildman–Crippen MR) is 58.2 cm³/mol. The van der Waals surface area contributed by atoms with Gasteiger partial charge in [0.15, 0.2) is 5.44 Å². The Morgan fingerprint density at radius 3 is 2.71 bits per heavy atom. The van der Waals surface area contributed by atoms with Gasteiger partial charge in [-0.25, -0.2) is 0 Å². The van der Waals surface area contributed by atoms with E-state index in [1.54, 1.807) is 11.8 Å². The Kier molecular flexibility index (Phi) is 1.98. The van der Waals surface area contributed by atoms with Gasteiger partial charge in [0.2, 0.25) is 0 Å². The topological polar surface area (TPSA) is 21.6 Å². The van der Waals surface area contributed by atoms with E-state index in [0.29, 0.717) is 0 Å². The zero-order valence-electron chi connectivity index (χ0n) is 7.72. The van der Waals surface area contributed by atoms with E-state index in [1.165, 1.54) is 18.4 Å². The van der Waals surface area contributed by atoms with Crippen molar-refractivity contribution in [1.29, 1.82) is 0 Å². The highest BCUT2D eigenvalue weighted by molar-refractivity contribution is 8.15. The average Bonchev–Trinajstić information content (AvgIpc) is 2.98. The summed E-state index contributed by atoms with van der Waals surface area (Å²) < 4.78 is 0. The van der Waals surface area contributed by atoms with Gasteiger partial charge in [-0.05, 0) is 12.8 Å². The molecule has 1 atom stereocenters. The van der Waals surface area contributed by atoms with Crippen molar-refractivity contribution in [1.82, 2.24) is 0 Å². The van der Waals surface area contributed by atoms with E-state index in [9.17, 15) is 0 Å². The van der Waals surface area contributed by atoms with Gasteiger partial charge < -0.3 is 4.84 Å². The van der Waals surface area contributed by atoms with Crippen LogP contribution in [0.5, 0.6) is 0 Å². The minimum absolute atomic E-state index is 0.283. The first kappa shape index (κ1) is 8.36. The Hall–Kier alpha value is -0.960. The molecule has 72 valence electrons. The van der Waals surface area contributed by atoms with E-state index in [-0.39, 0.29) is 5.44 Å². The van der Waals surface area contributed by atoms with Crippen molar-refractivity contribution in [3.63, 3.8) is 0 Å². The molecule has 0 spiro atoms. The van der Waals surface area contributed by atoms with Crippen LogP contribution < -0.4 is 0 Å². The van der Waals surface area contributed by atoms with Gasteiger partial charge in [-0.3, -0.25) is 0 Å². The average molecular weight is 205 g/mol. The first-order valence-corrected chi connectivity index (χ1v) is 5.77. The van der Waals surface area contributed by atoms with E-state index in [1.807, 2.05) is 18.2 Å². The molecule has 1 aromatic rings. The molecule has 3 heteroatoms. The van der Waals surface area contributed by atoms with Crippen molar-refractivity contribution in [2.75, 3.05) is 0 Å². The quantitative estimate of drug-likeness (QED) is 0.740. The van der Waals surface area contributed by atoms with E-state index in [0.717, 1.165) is 11.0 Å². The van der Waals surface area contributed by atoms with E-state index >= 15 is 0 Å². The highest BCUT2D eigenvalue weighted by Crippen LogP contribution is 2.43. The van der Waals surface area contributed by atoms with Crippen molar-refractivity contribution < 1.29 is 4.84 Å². The minimum atomic E-state index is 0.283. The number of thioether (sulfide) groups is 1. The summed E-state index contributed by atoms with van der Waals surface area (Å²) in [6.07, 6.45) is 2.60. The predicted octanol–water partition coefficient (Wildman–Crippen LogP) is 2.85. The maximum Gasteiger partial charge on any atom is 0.181 e. The summed E-state index contributed by atoms with van der Waals surface area (Å²) in [4.78, 5) is 5.39. The lowest BCUT2D eigenvalue weighted by molar-refractivity contribution is 0.115. The van der Waals surface area contributed by atoms with Crippen molar-refractivity contribution in [2.45, 2.75) is 18.3 Å². The number of nitrogens with zero attached hydrogens (tertiary/aromatic N) is 1. The van der Waals surface area contributed by atoms with E-state index in [2.05, 4.69) is 17.3 Å². The fraction of sp³-hybridized carbons (Fsp3) is 0.364. The molecule has 2 aliphatic rings. The van der Waals surface area contributed by atoms with Gasteiger partial charge in [-0.15, -0.1) is 0 Å². The third kappa shape index (κ3) is 1.52. The maximum atomic E-state index is 5.39. The standard InChI is InChI=1S/C11H11NOS/c1-2-4-8(5-3-1)10-12-13-11(14-10)9-6-7-9/h1-5,9,11H,6-7H2. The third-order valence-electron chi connectivity index (χ3n) is 2.49. The van der Waals surface area contributed by atoms with Crippen molar-refractivity contribution in [3.05, 3.63) is 35.9 Å². The molecule has 0 N–H and O–H groups in total. The van der Waals surface area contributed by atoms with E-state index < -0.39 is 0 Å². The zero-order valence-corrected chi connectivity index (χ0v) is 8.54. The zero-order chi connectivity index (χ0) is 9.38. The highest BCUT2D eigenvalue weighted by atomic mass is 32.2. The molecule has 2 nitrogen and oxygen atoms in total. The fourth-order valence-electron chi connectivity index (χ4n) is 1.51. The Bertz CT molecular complexity index is 359. The summed E-state index contributed by atoms with van der Waals surface area (Å²) in [5.41, 5.74) is 1.45. The molecule has 1 aliphatic carbocycles. The highest BCUT2D eigenvalue weighted by Gasteiger charge is 2.37. The molecule has 0 amide bonds. The number of oxime groups is 1. The lowest BCUT2D eigenvalue weighted by Gasteiger charge is -2.03. The van der Waals surface area contributed by atoms with Gasteiger partial charge in [0, 0.05) is 11.5 Å². The summed E-state index contributed by atoms with van der Waals surface area (Å²) in [6.45, 7) is 0. The molecule has 0 bridgehead atoms. The largest absolute Gasteiger partial charge is 0.380 e. The molecule has 0 aromatic heterocycles. The van der Waals surface area contributed by atoms with Crippen molar-refractivity contribution in [2.24, 2.45) is 11.1 Å². The number of hydrogen-bond acceptors (Lipinski definition) is 3. The second kappa shape index (κ2) is 3.31. The molecule has 1 fully saturated rings. The Labute approximate surface area is 87.3 Å². The first-order chi connectivity index (χ1) is 6.93. The Balaban J connectivity index is 1.75. The van der Waals surface area contributed by atoms with Crippen LogP contribution in [0.4, 0.5) is 0 Å². The fourth-order valence-corrected chi connectivity index (χ4v) is 2.63. The third-order valence-corrected chi connectivity index (χ3v) is 3.73. The van der Waals surface area contributed by atoms with Crippen LogP contribution in [-0.4, -0.2) is 10.5 Å². The van der Waals surface area contributed by atoms with Gasteiger partial charge in [-0.2, -0.15) is 0 Å². The molecule has 0 saturated heterocycles.